The molecule has 0 aliphatic carbocycles. The highest BCUT2D eigenvalue weighted by Crippen LogP contribution is 2.27. The molecule has 2 aromatic carbocycles. The maximum atomic E-state index is 13.1. The lowest BCUT2D eigenvalue weighted by Gasteiger charge is -2.23. The molecule has 31 heavy (non-hydrogen) atoms. The molecule has 7 heteroatoms. The second-order valence-corrected chi connectivity index (χ2v) is 7.45. The number of nitrogens with zero attached hydrogens (tertiary/aromatic N) is 1. The van der Waals surface area contributed by atoms with E-state index in [0.717, 1.165) is 17.5 Å². The highest BCUT2D eigenvalue weighted by molar-refractivity contribution is 6.00. The minimum atomic E-state index is -1.01. The Labute approximate surface area is 183 Å². The summed E-state index contributed by atoms with van der Waals surface area (Å²) in [7, 11) is 1.64. The zero-order valence-corrected chi connectivity index (χ0v) is 17.9. The van der Waals surface area contributed by atoms with Gasteiger partial charge in [-0.3, -0.25) is 4.79 Å². The second-order valence-electron chi connectivity index (χ2n) is 7.45. The van der Waals surface area contributed by atoms with E-state index in [1.807, 2.05) is 54.6 Å². The summed E-state index contributed by atoms with van der Waals surface area (Å²) in [6.07, 6.45) is 1.77. The predicted octanol–water partition coefficient (Wildman–Crippen LogP) is 2.36. The van der Waals surface area contributed by atoms with Crippen LogP contribution >= 0.6 is 0 Å². The lowest BCUT2D eigenvalue weighted by molar-refractivity contribution is -0.126. The number of carbonyl (C=O) groups excluding carboxylic acids is 1. The number of aliphatic imine (C=N–C) groups is 1. The van der Waals surface area contributed by atoms with Crippen LogP contribution in [0.5, 0.6) is 5.75 Å². The SMILES string of the molecule is COCCCNC(=O)[C@@]1(Cc2ccccc2)COC(c2ccc(OCCCO)cc2)=N1. The third kappa shape index (κ3) is 6.29. The Morgan fingerprint density at radius 3 is 2.61 bits per heavy atom. The van der Waals surface area contributed by atoms with E-state index in [1.165, 1.54) is 0 Å². The largest absolute Gasteiger partial charge is 0.494 e. The first-order valence-electron chi connectivity index (χ1n) is 10.5. The maximum Gasteiger partial charge on any atom is 0.251 e. The van der Waals surface area contributed by atoms with Gasteiger partial charge in [0.1, 0.15) is 12.4 Å². The summed E-state index contributed by atoms with van der Waals surface area (Å²) in [5.41, 5.74) is 0.799. The van der Waals surface area contributed by atoms with Gasteiger partial charge in [0.25, 0.3) is 5.91 Å². The molecule has 1 aliphatic rings. The molecule has 1 heterocycles. The molecule has 0 aromatic heterocycles. The Balaban J connectivity index is 1.76. The van der Waals surface area contributed by atoms with Gasteiger partial charge in [0.15, 0.2) is 5.54 Å². The Bertz CT molecular complexity index is 854. The lowest BCUT2D eigenvalue weighted by Crippen LogP contribution is -2.48. The van der Waals surface area contributed by atoms with Gasteiger partial charge in [-0.25, -0.2) is 4.99 Å². The molecule has 7 nitrogen and oxygen atoms in total. The van der Waals surface area contributed by atoms with Crippen molar-refractivity contribution < 1.29 is 24.1 Å². The molecule has 0 spiro atoms. The van der Waals surface area contributed by atoms with Gasteiger partial charge in [0.2, 0.25) is 5.90 Å². The van der Waals surface area contributed by atoms with Gasteiger partial charge in [-0.2, -0.15) is 0 Å². The van der Waals surface area contributed by atoms with Crippen LogP contribution in [0.25, 0.3) is 0 Å². The van der Waals surface area contributed by atoms with Gasteiger partial charge in [0, 0.05) is 45.3 Å². The zero-order valence-electron chi connectivity index (χ0n) is 17.9. The number of hydrogen-bond donors (Lipinski definition) is 2. The van der Waals surface area contributed by atoms with Gasteiger partial charge in [-0.15, -0.1) is 0 Å². The van der Waals surface area contributed by atoms with Crippen molar-refractivity contribution in [3.8, 4) is 5.75 Å². The maximum absolute atomic E-state index is 13.1. The van der Waals surface area contributed by atoms with Crippen LogP contribution in [0.1, 0.15) is 24.0 Å². The third-order valence-corrected chi connectivity index (χ3v) is 5.01. The second kappa shape index (κ2) is 11.5. The van der Waals surface area contributed by atoms with Gasteiger partial charge >= 0.3 is 0 Å². The van der Waals surface area contributed by atoms with E-state index in [1.54, 1.807) is 7.11 Å². The number of nitrogens with one attached hydrogen (secondary N) is 1. The van der Waals surface area contributed by atoms with Crippen LogP contribution in [0, 0.1) is 0 Å². The molecule has 1 amide bonds. The van der Waals surface area contributed by atoms with Gasteiger partial charge in [-0.1, -0.05) is 30.3 Å². The molecule has 3 rings (SSSR count). The normalized spacial score (nSPS) is 17.7. The van der Waals surface area contributed by atoms with Crippen molar-refractivity contribution in [3.63, 3.8) is 0 Å². The van der Waals surface area contributed by atoms with E-state index >= 15 is 0 Å². The van der Waals surface area contributed by atoms with Crippen molar-refractivity contribution in [2.45, 2.75) is 24.8 Å². The van der Waals surface area contributed by atoms with Crippen LogP contribution in [0.2, 0.25) is 0 Å². The summed E-state index contributed by atoms with van der Waals surface area (Å²) < 4.78 is 16.5. The standard InChI is InChI=1S/C24H30N2O5/c1-29-15-5-13-25-23(28)24(17-19-7-3-2-4-8-19)18-31-22(26-24)20-9-11-21(12-10-20)30-16-6-14-27/h2-4,7-12,27H,5-6,13-18H2,1H3,(H,25,28)/t24-/m1/s1. The van der Waals surface area contributed by atoms with Gasteiger partial charge in [0.05, 0.1) is 6.61 Å². The van der Waals surface area contributed by atoms with Crippen molar-refractivity contribution >= 4 is 11.8 Å². The fraction of sp³-hybridized carbons (Fsp3) is 0.417. The van der Waals surface area contributed by atoms with Crippen LogP contribution in [0.4, 0.5) is 0 Å². The molecule has 0 bridgehead atoms. The van der Waals surface area contributed by atoms with E-state index in [0.29, 0.717) is 44.2 Å². The Hall–Kier alpha value is -2.90. The molecule has 0 unspecified atom stereocenters. The number of benzene rings is 2. The predicted molar refractivity (Wildman–Crippen MR) is 119 cm³/mol. The zero-order chi connectivity index (χ0) is 21.9. The monoisotopic (exact) mass is 426 g/mol. The van der Waals surface area contributed by atoms with Gasteiger partial charge < -0.3 is 24.6 Å². The smallest absolute Gasteiger partial charge is 0.251 e. The topological polar surface area (TPSA) is 89.4 Å². The van der Waals surface area contributed by atoms with Crippen molar-refractivity contribution in [3.05, 3.63) is 65.7 Å². The van der Waals surface area contributed by atoms with E-state index < -0.39 is 5.54 Å². The molecule has 1 aliphatic heterocycles. The first kappa shape index (κ1) is 22.8. The average Bonchev–Trinajstić information content (AvgIpc) is 3.23. The molecule has 1 atom stereocenters. The van der Waals surface area contributed by atoms with E-state index in [9.17, 15) is 4.79 Å². The number of methoxy groups -OCH3 is 1. The molecule has 2 aromatic rings. The van der Waals surface area contributed by atoms with Crippen LogP contribution in [-0.2, 0) is 20.7 Å². The minimum absolute atomic E-state index is 0.0970. The number of amides is 1. The molecular formula is C24H30N2O5. The van der Waals surface area contributed by atoms with Crippen molar-refractivity contribution in [1.29, 1.82) is 0 Å². The van der Waals surface area contributed by atoms with Crippen LogP contribution < -0.4 is 10.1 Å². The van der Waals surface area contributed by atoms with Crippen molar-refractivity contribution in [2.24, 2.45) is 4.99 Å². The molecule has 166 valence electrons. The highest BCUT2D eigenvalue weighted by atomic mass is 16.5. The Morgan fingerprint density at radius 2 is 1.90 bits per heavy atom. The average molecular weight is 427 g/mol. The lowest BCUT2D eigenvalue weighted by atomic mass is 9.91. The minimum Gasteiger partial charge on any atom is -0.494 e. The number of hydrogen-bond acceptors (Lipinski definition) is 6. The number of carbonyl (C=O) groups is 1. The fourth-order valence-corrected chi connectivity index (χ4v) is 3.35. The van der Waals surface area contributed by atoms with Crippen molar-refractivity contribution in [2.75, 3.05) is 40.1 Å². The number of rotatable bonds is 12. The first-order chi connectivity index (χ1) is 15.2. The summed E-state index contributed by atoms with van der Waals surface area (Å²) >= 11 is 0. The molecule has 0 fully saturated rings. The van der Waals surface area contributed by atoms with Crippen LogP contribution in [0.3, 0.4) is 0 Å². The van der Waals surface area contributed by atoms with Crippen molar-refractivity contribution in [1.82, 2.24) is 5.32 Å². The van der Waals surface area contributed by atoms with E-state index in [-0.39, 0.29) is 19.1 Å². The number of ether oxygens (including phenoxy) is 3. The molecule has 0 saturated carbocycles. The summed E-state index contributed by atoms with van der Waals surface area (Å²) in [4.78, 5) is 17.9. The molecule has 0 radical (unpaired) electrons. The number of aliphatic hydroxyl groups is 1. The summed E-state index contributed by atoms with van der Waals surface area (Å²) in [5, 5.41) is 11.8. The summed E-state index contributed by atoms with van der Waals surface area (Å²) in [5.74, 6) is 1.01. The molecular weight excluding hydrogens is 396 g/mol. The summed E-state index contributed by atoms with van der Waals surface area (Å²) in [6, 6.07) is 17.2. The fourth-order valence-electron chi connectivity index (χ4n) is 3.35. The van der Waals surface area contributed by atoms with E-state index in [2.05, 4.69) is 5.32 Å². The molecule has 0 saturated heterocycles. The third-order valence-electron chi connectivity index (χ3n) is 5.01. The van der Waals surface area contributed by atoms with Crippen LogP contribution in [0.15, 0.2) is 59.6 Å². The van der Waals surface area contributed by atoms with E-state index in [4.69, 9.17) is 24.3 Å². The molecule has 2 N–H and O–H groups in total. The highest BCUT2D eigenvalue weighted by Gasteiger charge is 2.44. The summed E-state index contributed by atoms with van der Waals surface area (Å²) in [6.45, 7) is 1.84. The van der Waals surface area contributed by atoms with Gasteiger partial charge in [-0.05, 0) is 36.2 Å². The Morgan fingerprint density at radius 1 is 1.13 bits per heavy atom. The Kier molecular flexibility index (Phi) is 8.44. The number of aliphatic hydroxyl groups excluding tert-OH is 1. The van der Waals surface area contributed by atoms with Crippen LogP contribution in [-0.4, -0.2) is 62.5 Å². The quantitative estimate of drug-likeness (QED) is 0.509. The first-order valence-corrected chi connectivity index (χ1v) is 10.5.